The van der Waals surface area contributed by atoms with Gasteiger partial charge in [-0.2, -0.15) is 0 Å². The Hall–Kier alpha value is -1.69. The summed E-state index contributed by atoms with van der Waals surface area (Å²) in [6.07, 6.45) is 0. The Bertz CT molecular complexity index is 806. The van der Waals surface area contributed by atoms with E-state index in [4.69, 9.17) is 11.6 Å². The average molecular weight is 395 g/mol. The number of nitrogens with one attached hydrogen (secondary N) is 1. The number of hydrogen-bond donors (Lipinski definition) is 2. The molecule has 1 heterocycles. The highest BCUT2D eigenvalue weighted by molar-refractivity contribution is 9.10. The van der Waals surface area contributed by atoms with E-state index in [1.807, 2.05) is 0 Å². The summed E-state index contributed by atoms with van der Waals surface area (Å²) in [5.41, 5.74) is -0.606. The van der Waals surface area contributed by atoms with Gasteiger partial charge in [-0.3, -0.25) is 9.59 Å². The number of fused-ring (bicyclic) bond motifs is 1. The minimum atomic E-state index is -1.91. The van der Waals surface area contributed by atoms with E-state index >= 15 is 0 Å². The van der Waals surface area contributed by atoms with Gasteiger partial charge in [-0.1, -0.05) is 34.5 Å². The third-order valence-electron chi connectivity index (χ3n) is 4.14. The maximum absolute atomic E-state index is 12.7. The molecule has 2 aromatic carbocycles. The zero-order chi connectivity index (χ0) is 16.8. The van der Waals surface area contributed by atoms with E-state index in [9.17, 15) is 14.7 Å². The molecule has 0 radical (unpaired) electrons. The van der Waals surface area contributed by atoms with Crippen molar-refractivity contribution in [2.45, 2.75) is 12.5 Å². The first kappa shape index (κ1) is 16.2. The molecule has 1 aliphatic rings. The molecule has 1 aliphatic heterocycles. The topological polar surface area (TPSA) is 66.4 Å². The van der Waals surface area contributed by atoms with Crippen LogP contribution >= 0.6 is 27.5 Å². The number of carbonyl (C=O) groups excluding carboxylic acids is 2. The molecule has 0 fully saturated rings. The van der Waals surface area contributed by atoms with E-state index < -0.39 is 17.4 Å². The van der Waals surface area contributed by atoms with Crippen molar-refractivity contribution in [3.8, 4) is 0 Å². The van der Waals surface area contributed by atoms with E-state index in [2.05, 4.69) is 21.2 Å². The smallest absolute Gasteiger partial charge is 0.261 e. The average Bonchev–Trinajstić information content (AvgIpc) is 2.79. The van der Waals surface area contributed by atoms with Crippen molar-refractivity contribution < 1.29 is 14.7 Å². The van der Waals surface area contributed by atoms with E-state index in [1.165, 1.54) is 0 Å². The molecule has 6 heteroatoms. The first-order valence-electron chi connectivity index (χ1n) is 6.97. The van der Waals surface area contributed by atoms with Gasteiger partial charge in [0.1, 0.15) is 0 Å². The standard InChI is InChI=1S/C17H13BrClNO3/c1-9(15(21)10-2-5-12(19)6-3-10)17(23)13-8-11(18)4-7-14(13)20-16(17)22/h2-9,23H,1H3,(H,20,22). The Morgan fingerprint density at radius 2 is 1.91 bits per heavy atom. The highest BCUT2D eigenvalue weighted by Gasteiger charge is 2.52. The summed E-state index contributed by atoms with van der Waals surface area (Å²) in [7, 11) is 0. The Balaban J connectivity index is 2.03. The SMILES string of the molecule is CC(C(=O)c1ccc(Cl)cc1)C1(O)C(=O)Nc2ccc(Br)cc21. The molecule has 4 nitrogen and oxygen atoms in total. The van der Waals surface area contributed by atoms with Crippen LogP contribution in [0.1, 0.15) is 22.8 Å². The van der Waals surface area contributed by atoms with E-state index in [1.54, 1.807) is 49.4 Å². The van der Waals surface area contributed by atoms with Crippen molar-refractivity contribution in [2.75, 3.05) is 5.32 Å². The summed E-state index contributed by atoms with van der Waals surface area (Å²) < 4.78 is 0.720. The van der Waals surface area contributed by atoms with Gasteiger partial charge in [-0.05, 0) is 42.5 Å². The number of carbonyl (C=O) groups is 2. The van der Waals surface area contributed by atoms with Crippen LogP contribution in [0, 0.1) is 5.92 Å². The van der Waals surface area contributed by atoms with Crippen LogP contribution in [-0.2, 0) is 10.4 Å². The van der Waals surface area contributed by atoms with Crippen LogP contribution < -0.4 is 5.32 Å². The molecule has 0 aromatic heterocycles. The molecule has 118 valence electrons. The second-order valence-corrected chi connectivity index (χ2v) is 6.86. The predicted molar refractivity (Wildman–Crippen MR) is 91.6 cm³/mol. The molecule has 0 spiro atoms. The number of benzene rings is 2. The molecule has 0 bridgehead atoms. The van der Waals surface area contributed by atoms with Gasteiger partial charge in [0, 0.05) is 26.3 Å². The van der Waals surface area contributed by atoms with Gasteiger partial charge in [0.05, 0.1) is 5.92 Å². The van der Waals surface area contributed by atoms with Gasteiger partial charge in [0.15, 0.2) is 11.4 Å². The third kappa shape index (κ3) is 2.59. The molecule has 0 aliphatic carbocycles. The van der Waals surface area contributed by atoms with Crippen molar-refractivity contribution in [3.05, 3.63) is 63.1 Å². The van der Waals surface area contributed by atoms with Crippen LogP contribution in [-0.4, -0.2) is 16.8 Å². The monoisotopic (exact) mass is 393 g/mol. The van der Waals surface area contributed by atoms with Gasteiger partial charge in [0.2, 0.25) is 0 Å². The maximum Gasteiger partial charge on any atom is 0.261 e. The van der Waals surface area contributed by atoms with Gasteiger partial charge in [-0.15, -0.1) is 0 Å². The number of ketones is 1. The lowest BCUT2D eigenvalue weighted by Gasteiger charge is -2.27. The van der Waals surface area contributed by atoms with Crippen molar-refractivity contribution in [1.29, 1.82) is 0 Å². The minimum Gasteiger partial charge on any atom is -0.375 e. The number of amides is 1. The predicted octanol–water partition coefficient (Wildman–Crippen LogP) is 3.76. The largest absolute Gasteiger partial charge is 0.375 e. The zero-order valence-electron chi connectivity index (χ0n) is 12.1. The molecule has 2 aromatic rings. The van der Waals surface area contributed by atoms with Crippen LogP contribution in [0.15, 0.2) is 46.9 Å². The molecular weight excluding hydrogens is 382 g/mol. The lowest BCUT2D eigenvalue weighted by atomic mass is 9.79. The Morgan fingerprint density at radius 3 is 2.57 bits per heavy atom. The molecule has 0 saturated heterocycles. The van der Waals surface area contributed by atoms with Crippen LogP contribution in [0.3, 0.4) is 0 Å². The van der Waals surface area contributed by atoms with Gasteiger partial charge >= 0.3 is 0 Å². The van der Waals surface area contributed by atoms with Crippen molar-refractivity contribution in [1.82, 2.24) is 0 Å². The normalized spacial score (nSPS) is 20.8. The second-order valence-electron chi connectivity index (χ2n) is 5.50. The van der Waals surface area contributed by atoms with Gasteiger partial charge in [0.25, 0.3) is 5.91 Å². The molecule has 1 amide bonds. The quantitative estimate of drug-likeness (QED) is 0.779. The summed E-state index contributed by atoms with van der Waals surface area (Å²) in [6, 6.07) is 11.5. The summed E-state index contributed by atoms with van der Waals surface area (Å²) in [5, 5.41) is 14.2. The minimum absolute atomic E-state index is 0.327. The highest BCUT2D eigenvalue weighted by atomic mass is 79.9. The maximum atomic E-state index is 12.7. The Morgan fingerprint density at radius 1 is 1.26 bits per heavy atom. The molecule has 2 N–H and O–H groups in total. The summed E-state index contributed by atoms with van der Waals surface area (Å²) in [6.45, 7) is 1.55. The number of halogens is 2. The lowest BCUT2D eigenvalue weighted by Crippen LogP contribution is -2.44. The fourth-order valence-corrected chi connectivity index (χ4v) is 3.25. The molecule has 0 saturated carbocycles. The fourth-order valence-electron chi connectivity index (χ4n) is 2.76. The highest BCUT2D eigenvalue weighted by Crippen LogP contribution is 2.43. The first-order chi connectivity index (χ1) is 10.8. The number of anilines is 1. The summed E-state index contributed by atoms with van der Waals surface area (Å²) in [5.74, 6) is -1.87. The fraction of sp³-hybridized carbons (Fsp3) is 0.176. The lowest BCUT2D eigenvalue weighted by molar-refractivity contribution is -0.137. The van der Waals surface area contributed by atoms with Gasteiger partial charge < -0.3 is 10.4 Å². The van der Waals surface area contributed by atoms with Crippen LogP contribution in [0.25, 0.3) is 0 Å². The second kappa shape index (κ2) is 5.74. The number of aliphatic hydroxyl groups is 1. The molecule has 23 heavy (non-hydrogen) atoms. The number of hydrogen-bond acceptors (Lipinski definition) is 3. The van der Waals surface area contributed by atoms with Crippen LogP contribution in [0.2, 0.25) is 5.02 Å². The Kier molecular flexibility index (Phi) is 4.04. The van der Waals surface area contributed by atoms with Crippen molar-refractivity contribution in [3.63, 3.8) is 0 Å². The summed E-state index contributed by atoms with van der Waals surface area (Å²) >= 11 is 9.15. The first-order valence-corrected chi connectivity index (χ1v) is 8.14. The third-order valence-corrected chi connectivity index (χ3v) is 4.88. The van der Waals surface area contributed by atoms with E-state index in [-0.39, 0.29) is 5.78 Å². The molecule has 2 unspecified atom stereocenters. The van der Waals surface area contributed by atoms with E-state index in [0.717, 1.165) is 4.47 Å². The van der Waals surface area contributed by atoms with Crippen LogP contribution in [0.5, 0.6) is 0 Å². The van der Waals surface area contributed by atoms with Crippen molar-refractivity contribution >= 4 is 44.9 Å². The van der Waals surface area contributed by atoms with Gasteiger partial charge in [-0.25, -0.2) is 0 Å². The van der Waals surface area contributed by atoms with Crippen molar-refractivity contribution in [2.24, 2.45) is 5.92 Å². The zero-order valence-corrected chi connectivity index (χ0v) is 14.5. The molecule has 3 rings (SSSR count). The number of rotatable bonds is 3. The Labute approximate surface area is 146 Å². The molecule has 2 atom stereocenters. The van der Waals surface area contributed by atoms with E-state index in [0.29, 0.717) is 21.8 Å². The van der Waals surface area contributed by atoms with Crippen LogP contribution in [0.4, 0.5) is 5.69 Å². The number of Topliss-reactive ketones (excluding diaryl/α,β-unsaturated/α-hetero) is 1. The molecular formula is C17H13BrClNO3. The summed E-state index contributed by atoms with van der Waals surface area (Å²) in [4.78, 5) is 25.0.